The number of carbonyl (C=O) groups is 2. The summed E-state index contributed by atoms with van der Waals surface area (Å²) in [5.74, 6) is 0.146. The lowest BCUT2D eigenvalue weighted by Crippen LogP contribution is -2.50. The SMILES string of the molecule is CCCCC[C@H]1CCC[C@@H](CC(C)=O)N1C(=O)OC. The van der Waals surface area contributed by atoms with E-state index in [9.17, 15) is 9.59 Å². The summed E-state index contributed by atoms with van der Waals surface area (Å²) in [6.45, 7) is 3.77. The summed E-state index contributed by atoms with van der Waals surface area (Å²) in [6, 6.07) is 0.280. The maximum Gasteiger partial charge on any atom is 0.409 e. The number of ether oxygens (including phenoxy) is 1. The number of methoxy groups -OCH3 is 1. The molecule has 19 heavy (non-hydrogen) atoms. The van der Waals surface area contributed by atoms with Crippen LogP contribution in [0.15, 0.2) is 0 Å². The summed E-state index contributed by atoms with van der Waals surface area (Å²) in [5, 5.41) is 0. The fourth-order valence-corrected chi connectivity index (χ4v) is 3.01. The van der Waals surface area contributed by atoms with Gasteiger partial charge in [0.2, 0.25) is 0 Å². The lowest BCUT2D eigenvalue weighted by molar-refractivity contribution is -0.118. The Morgan fingerprint density at radius 1 is 1.21 bits per heavy atom. The molecule has 1 aliphatic rings. The van der Waals surface area contributed by atoms with E-state index < -0.39 is 0 Å². The second kappa shape index (κ2) is 8.18. The number of hydrogen-bond donors (Lipinski definition) is 0. The van der Waals surface area contributed by atoms with Gasteiger partial charge in [0.1, 0.15) is 5.78 Å². The minimum atomic E-state index is -0.271. The number of Topliss-reactive ketones (excluding diaryl/α,β-unsaturated/α-hetero) is 1. The molecule has 0 radical (unpaired) electrons. The molecule has 4 nitrogen and oxygen atoms in total. The number of nitrogens with zero attached hydrogens (tertiary/aromatic N) is 1. The Bertz CT molecular complexity index is 304. The summed E-state index contributed by atoms with van der Waals surface area (Å²) in [5.41, 5.74) is 0. The Labute approximate surface area is 116 Å². The van der Waals surface area contributed by atoms with E-state index >= 15 is 0 Å². The van der Waals surface area contributed by atoms with Gasteiger partial charge in [-0.2, -0.15) is 0 Å². The zero-order valence-electron chi connectivity index (χ0n) is 12.5. The van der Waals surface area contributed by atoms with Crippen LogP contribution in [0.25, 0.3) is 0 Å². The van der Waals surface area contributed by atoms with Crippen LogP contribution in [-0.4, -0.2) is 36.0 Å². The molecule has 1 saturated heterocycles. The van der Waals surface area contributed by atoms with Crippen LogP contribution in [0.2, 0.25) is 0 Å². The Balaban J connectivity index is 2.70. The highest BCUT2D eigenvalue weighted by atomic mass is 16.5. The quantitative estimate of drug-likeness (QED) is 0.693. The van der Waals surface area contributed by atoms with Crippen LogP contribution in [0.3, 0.4) is 0 Å². The predicted molar refractivity (Wildman–Crippen MR) is 75.1 cm³/mol. The summed E-state index contributed by atoms with van der Waals surface area (Å²) >= 11 is 0. The van der Waals surface area contributed by atoms with Crippen LogP contribution in [0.5, 0.6) is 0 Å². The van der Waals surface area contributed by atoms with Crippen LogP contribution in [0.4, 0.5) is 4.79 Å². The number of rotatable bonds is 6. The van der Waals surface area contributed by atoms with Crippen molar-refractivity contribution in [1.82, 2.24) is 4.90 Å². The monoisotopic (exact) mass is 269 g/mol. The molecule has 1 fully saturated rings. The van der Waals surface area contributed by atoms with Gasteiger partial charge in [0.05, 0.1) is 7.11 Å². The molecule has 0 spiro atoms. The van der Waals surface area contributed by atoms with Gasteiger partial charge in [0.25, 0.3) is 0 Å². The number of likely N-dealkylation sites (tertiary alicyclic amines) is 1. The number of ketones is 1. The number of unbranched alkanes of at least 4 members (excludes halogenated alkanes) is 2. The minimum Gasteiger partial charge on any atom is -0.453 e. The first kappa shape index (κ1) is 16.0. The Hall–Kier alpha value is -1.06. The molecule has 0 aromatic heterocycles. The standard InChI is InChI=1S/C15H27NO3/c1-4-5-6-8-13-9-7-10-14(11-12(2)17)16(13)15(18)19-3/h13-14H,4-11H2,1-3H3/t13-,14-/m0/s1. The van der Waals surface area contributed by atoms with Gasteiger partial charge < -0.3 is 9.64 Å². The van der Waals surface area contributed by atoms with Crippen LogP contribution in [0, 0.1) is 0 Å². The molecule has 0 aliphatic carbocycles. The average Bonchev–Trinajstić information content (AvgIpc) is 2.38. The molecule has 1 rings (SSSR count). The zero-order valence-corrected chi connectivity index (χ0v) is 12.5. The van der Waals surface area contributed by atoms with E-state index in [-0.39, 0.29) is 24.0 Å². The summed E-state index contributed by atoms with van der Waals surface area (Å²) < 4.78 is 4.91. The van der Waals surface area contributed by atoms with Crippen molar-refractivity contribution in [2.24, 2.45) is 0 Å². The summed E-state index contributed by atoms with van der Waals surface area (Å²) in [4.78, 5) is 25.2. The molecule has 110 valence electrons. The molecule has 0 bridgehead atoms. The number of hydrogen-bond acceptors (Lipinski definition) is 3. The molecule has 0 N–H and O–H groups in total. The molecule has 0 unspecified atom stereocenters. The van der Waals surface area contributed by atoms with Crippen molar-refractivity contribution in [1.29, 1.82) is 0 Å². The number of carbonyl (C=O) groups excluding carboxylic acids is 2. The molecule has 0 saturated carbocycles. The molecule has 4 heteroatoms. The second-order valence-corrected chi connectivity index (χ2v) is 5.52. The lowest BCUT2D eigenvalue weighted by Gasteiger charge is -2.41. The van der Waals surface area contributed by atoms with Gasteiger partial charge in [-0.1, -0.05) is 26.2 Å². The lowest BCUT2D eigenvalue weighted by atomic mass is 9.90. The molecule has 1 amide bonds. The first-order chi connectivity index (χ1) is 9.10. The predicted octanol–water partition coefficient (Wildman–Crippen LogP) is 3.54. The van der Waals surface area contributed by atoms with Gasteiger partial charge >= 0.3 is 6.09 Å². The maximum atomic E-state index is 12.0. The van der Waals surface area contributed by atoms with Crippen molar-refractivity contribution >= 4 is 11.9 Å². The average molecular weight is 269 g/mol. The highest BCUT2D eigenvalue weighted by Gasteiger charge is 2.34. The van der Waals surface area contributed by atoms with Gasteiger partial charge in [0.15, 0.2) is 0 Å². The maximum absolute atomic E-state index is 12.0. The van der Waals surface area contributed by atoms with Gasteiger partial charge in [-0.15, -0.1) is 0 Å². The van der Waals surface area contributed by atoms with Gasteiger partial charge in [0, 0.05) is 18.5 Å². The third kappa shape index (κ3) is 4.84. The molecule has 1 aliphatic heterocycles. The Morgan fingerprint density at radius 2 is 1.89 bits per heavy atom. The molecule has 1 heterocycles. The fraction of sp³-hybridized carbons (Fsp3) is 0.867. The molecular formula is C15H27NO3. The first-order valence-corrected chi connectivity index (χ1v) is 7.45. The van der Waals surface area contributed by atoms with Crippen LogP contribution < -0.4 is 0 Å². The van der Waals surface area contributed by atoms with E-state index in [2.05, 4.69) is 6.92 Å². The Kier molecular flexibility index (Phi) is 6.89. The van der Waals surface area contributed by atoms with Crippen LogP contribution in [0.1, 0.15) is 65.2 Å². The molecule has 0 aromatic carbocycles. The van der Waals surface area contributed by atoms with E-state index in [4.69, 9.17) is 4.74 Å². The van der Waals surface area contributed by atoms with Crippen molar-refractivity contribution in [2.45, 2.75) is 77.3 Å². The van der Waals surface area contributed by atoms with Gasteiger partial charge in [-0.05, 0) is 32.6 Å². The number of amides is 1. The third-order valence-corrected chi connectivity index (χ3v) is 3.91. The van der Waals surface area contributed by atoms with Crippen LogP contribution >= 0.6 is 0 Å². The number of piperidine rings is 1. The highest BCUT2D eigenvalue weighted by Crippen LogP contribution is 2.29. The van der Waals surface area contributed by atoms with Gasteiger partial charge in [-0.25, -0.2) is 4.79 Å². The first-order valence-electron chi connectivity index (χ1n) is 7.45. The van der Waals surface area contributed by atoms with Crippen molar-refractivity contribution in [3.63, 3.8) is 0 Å². The van der Waals surface area contributed by atoms with Crippen molar-refractivity contribution < 1.29 is 14.3 Å². The van der Waals surface area contributed by atoms with Crippen molar-refractivity contribution in [3.05, 3.63) is 0 Å². The van der Waals surface area contributed by atoms with E-state index in [1.807, 2.05) is 4.90 Å². The zero-order chi connectivity index (χ0) is 14.3. The van der Waals surface area contributed by atoms with Crippen LogP contribution in [-0.2, 0) is 9.53 Å². The van der Waals surface area contributed by atoms with Crippen molar-refractivity contribution in [3.8, 4) is 0 Å². The smallest absolute Gasteiger partial charge is 0.409 e. The highest BCUT2D eigenvalue weighted by molar-refractivity contribution is 5.77. The van der Waals surface area contributed by atoms with Crippen molar-refractivity contribution in [2.75, 3.05) is 7.11 Å². The third-order valence-electron chi connectivity index (χ3n) is 3.91. The fourth-order valence-electron chi connectivity index (χ4n) is 3.01. The van der Waals surface area contributed by atoms with E-state index in [1.54, 1.807) is 6.92 Å². The molecular weight excluding hydrogens is 242 g/mol. The second-order valence-electron chi connectivity index (χ2n) is 5.52. The van der Waals surface area contributed by atoms with Gasteiger partial charge in [-0.3, -0.25) is 4.79 Å². The Morgan fingerprint density at radius 3 is 2.47 bits per heavy atom. The summed E-state index contributed by atoms with van der Waals surface area (Å²) in [7, 11) is 1.42. The summed E-state index contributed by atoms with van der Waals surface area (Å²) in [6.07, 6.45) is 7.78. The largest absolute Gasteiger partial charge is 0.453 e. The molecule has 0 aromatic rings. The minimum absolute atomic E-state index is 0.0327. The molecule has 2 atom stereocenters. The topological polar surface area (TPSA) is 46.6 Å². The van der Waals surface area contributed by atoms with E-state index in [0.717, 1.165) is 32.1 Å². The van der Waals surface area contributed by atoms with E-state index in [1.165, 1.54) is 20.0 Å². The van der Waals surface area contributed by atoms with E-state index in [0.29, 0.717) is 6.42 Å². The normalized spacial score (nSPS) is 23.2.